The maximum atomic E-state index is 6.43. The summed E-state index contributed by atoms with van der Waals surface area (Å²) in [5.41, 5.74) is 9.44. The Morgan fingerprint density at radius 2 is 1.65 bits per heavy atom. The van der Waals surface area contributed by atoms with Gasteiger partial charge in [-0.1, -0.05) is 32.0 Å². The van der Waals surface area contributed by atoms with Crippen molar-refractivity contribution in [2.45, 2.75) is 34.1 Å². The van der Waals surface area contributed by atoms with Crippen LogP contribution in [-0.4, -0.2) is 9.97 Å². The average Bonchev–Trinajstić information content (AvgIpc) is 3.10. The zero-order chi connectivity index (χ0) is 21.5. The smallest absolute Gasteiger partial charge is 0.144 e. The molecule has 5 aromatic rings. The second-order valence-corrected chi connectivity index (χ2v) is 8.78. The van der Waals surface area contributed by atoms with Crippen molar-refractivity contribution in [2.24, 2.45) is 5.92 Å². The van der Waals surface area contributed by atoms with Crippen LogP contribution in [0.1, 0.15) is 30.8 Å². The van der Waals surface area contributed by atoms with Crippen molar-refractivity contribution in [3.8, 4) is 22.4 Å². The van der Waals surface area contributed by atoms with Crippen molar-refractivity contribution in [1.82, 2.24) is 9.97 Å². The molecule has 0 aliphatic rings. The van der Waals surface area contributed by atoms with Gasteiger partial charge in [0.05, 0.1) is 5.69 Å². The molecule has 0 bridgehead atoms. The van der Waals surface area contributed by atoms with Gasteiger partial charge in [0.2, 0.25) is 0 Å². The molecule has 5 rings (SSSR count). The van der Waals surface area contributed by atoms with Crippen molar-refractivity contribution in [1.29, 1.82) is 0 Å². The molecule has 0 aliphatic carbocycles. The van der Waals surface area contributed by atoms with E-state index < -0.39 is 0 Å². The summed E-state index contributed by atoms with van der Waals surface area (Å²) >= 11 is 0. The van der Waals surface area contributed by atoms with Crippen molar-refractivity contribution < 1.29 is 4.42 Å². The molecule has 3 heterocycles. The number of aryl methyl sites for hydroxylation is 2. The van der Waals surface area contributed by atoms with Gasteiger partial charge in [-0.15, -0.1) is 0 Å². The monoisotopic (exact) mass is 406 g/mol. The maximum absolute atomic E-state index is 6.43. The molecule has 0 fully saturated rings. The van der Waals surface area contributed by atoms with E-state index in [2.05, 4.69) is 84.5 Å². The molecule has 31 heavy (non-hydrogen) atoms. The molecule has 0 unspecified atom stereocenters. The van der Waals surface area contributed by atoms with Crippen molar-refractivity contribution >= 4 is 21.9 Å². The Hall–Kier alpha value is -3.46. The molecule has 0 saturated carbocycles. The minimum Gasteiger partial charge on any atom is -0.455 e. The number of furan rings is 1. The molecule has 2 aromatic carbocycles. The third kappa shape index (κ3) is 3.72. The second-order valence-electron chi connectivity index (χ2n) is 8.78. The highest BCUT2D eigenvalue weighted by molar-refractivity contribution is 6.10. The summed E-state index contributed by atoms with van der Waals surface area (Å²) in [5.74, 6) is 0.608. The third-order valence-electron chi connectivity index (χ3n) is 5.66. The molecule has 0 N–H and O–H groups in total. The van der Waals surface area contributed by atoms with Crippen molar-refractivity contribution in [3.05, 3.63) is 83.8 Å². The van der Waals surface area contributed by atoms with Gasteiger partial charge in [0.15, 0.2) is 0 Å². The number of nitrogens with zero attached hydrogens (tertiary/aromatic N) is 2. The molecule has 154 valence electrons. The minimum absolute atomic E-state index is 0.608. The van der Waals surface area contributed by atoms with E-state index in [0.717, 1.165) is 62.1 Å². The van der Waals surface area contributed by atoms with Gasteiger partial charge in [-0.05, 0) is 85.3 Å². The predicted octanol–water partition coefficient (Wildman–Crippen LogP) is 7.53. The fraction of sp³-hybridized carbons (Fsp3) is 0.214. The number of fused-ring (bicyclic) bond motifs is 3. The summed E-state index contributed by atoms with van der Waals surface area (Å²) in [5, 5.41) is 2.25. The molecule has 0 amide bonds. The van der Waals surface area contributed by atoms with Crippen molar-refractivity contribution in [2.75, 3.05) is 0 Å². The Morgan fingerprint density at radius 1 is 0.839 bits per heavy atom. The number of hydrogen-bond acceptors (Lipinski definition) is 3. The van der Waals surface area contributed by atoms with E-state index in [1.54, 1.807) is 0 Å². The van der Waals surface area contributed by atoms with E-state index in [9.17, 15) is 0 Å². The standard InChI is InChI=1S/C28H26N2O/c1-17(2)12-20-10-11-29-26(15-20)25-7-5-6-24-23-9-8-21(16-27(23)31-28(24)25)22-13-18(3)30-19(4)14-22/h5-11,13-17H,12H2,1-4H3. The first-order valence-corrected chi connectivity index (χ1v) is 10.8. The molecule has 0 atom stereocenters. The number of benzene rings is 2. The van der Waals surface area contributed by atoms with Crippen LogP contribution < -0.4 is 0 Å². The Bertz CT molecular complexity index is 1390. The molecule has 3 nitrogen and oxygen atoms in total. The zero-order valence-corrected chi connectivity index (χ0v) is 18.4. The Labute approximate surface area is 182 Å². The van der Waals surface area contributed by atoms with Gasteiger partial charge < -0.3 is 4.42 Å². The summed E-state index contributed by atoms with van der Waals surface area (Å²) in [4.78, 5) is 9.15. The first-order chi connectivity index (χ1) is 15.0. The van der Waals surface area contributed by atoms with Gasteiger partial charge in [-0.2, -0.15) is 0 Å². The first kappa shape index (κ1) is 19.5. The van der Waals surface area contributed by atoms with Gasteiger partial charge in [-0.3, -0.25) is 9.97 Å². The van der Waals surface area contributed by atoms with Crippen LogP contribution in [0, 0.1) is 19.8 Å². The number of rotatable bonds is 4. The molecule has 3 heteroatoms. The average molecular weight is 407 g/mol. The fourth-order valence-corrected chi connectivity index (χ4v) is 4.40. The molecule has 0 radical (unpaired) electrons. The summed E-state index contributed by atoms with van der Waals surface area (Å²) in [7, 11) is 0. The van der Waals surface area contributed by atoms with Gasteiger partial charge >= 0.3 is 0 Å². The predicted molar refractivity (Wildman–Crippen MR) is 128 cm³/mol. The van der Waals surface area contributed by atoms with E-state index in [4.69, 9.17) is 4.42 Å². The molecular formula is C28H26N2O. The van der Waals surface area contributed by atoms with Crippen LogP contribution in [0.3, 0.4) is 0 Å². The topological polar surface area (TPSA) is 38.9 Å². The highest BCUT2D eigenvalue weighted by atomic mass is 16.3. The number of pyridine rings is 2. The lowest BCUT2D eigenvalue weighted by Crippen LogP contribution is -1.95. The number of para-hydroxylation sites is 1. The molecule has 0 saturated heterocycles. The third-order valence-corrected chi connectivity index (χ3v) is 5.66. The molecular weight excluding hydrogens is 380 g/mol. The van der Waals surface area contributed by atoms with E-state index in [1.165, 1.54) is 5.56 Å². The number of aromatic nitrogens is 2. The first-order valence-electron chi connectivity index (χ1n) is 10.8. The fourth-order valence-electron chi connectivity index (χ4n) is 4.40. The largest absolute Gasteiger partial charge is 0.455 e. The SMILES string of the molecule is Cc1cc(-c2ccc3c(c2)oc2c(-c4cc(CC(C)C)ccn4)cccc23)cc(C)n1. The van der Waals surface area contributed by atoms with Gasteiger partial charge in [-0.25, -0.2) is 0 Å². The van der Waals surface area contributed by atoms with Crippen LogP contribution in [-0.2, 0) is 6.42 Å². The summed E-state index contributed by atoms with van der Waals surface area (Å²) in [6.07, 6.45) is 2.94. The molecule has 0 aliphatic heterocycles. The Kier molecular flexibility index (Phi) is 4.82. The van der Waals surface area contributed by atoms with Crippen LogP contribution in [0.5, 0.6) is 0 Å². The normalized spacial score (nSPS) is 11.6. The zero-order valence-electron chi connectivity index (χ0n) is 18.4. The quantitative estimate of drug-likeness (QED) is 0.310. The summed E-state index contributed by atoms with van der Waals surface area (Å²) < 4.78 is 6.43. The van der Waals surface area contributed by atoms with Crippen molar-refractivity contribution in [3.63, 3.8) is 0 Å². The van der Waals surface area contributed by atoms with Crippen LogP contribution >= 0.6 is 0 Å². The Morgan fingerprint density at radius 3 is 2.42 bits per heavy atom. The minimum atomic E-state index is 0.608. The van der Waals surface area contributed by atoms with Crippen LogP contribution in [0.25, 0.3) is 44.3 Å². The van der Waals surface area contributed by atoms with Gasteiger partial charge in [0.1, 0.15) is 11.2 Å². The second kappa shape index (κ2) is 7.66. The van der Waals surface area contributed by atoms with Gasteiger partial charge in [0.25, 0.3) is 0 Å². The number of hydrogen-bond donors (Lipinski definition) is 0. The van der Waals surface area contributed by atoms with Crippen LogP contribution in [0.15, 0.2) is 71.3 Å². The molecule has 3 aromatic heterocycles. The van der Waals surface area contributed by atoms with E-state index in [0.29, 0.717) is 5.92 Å². The van der Waals surface area contributed by atoms with Crippen LogP contribution in [0.4, 0.5) is 0 Å². The Balaban J connectivity index is 1.65. The highest BCUT2D eigenvalue weighted by Gasteiger charge is 2.14. The van der Waals surface area contributed by atoms with E-state index >= 15 is 0 Å². The molecule has 0 spiro atoms. The maximum Gasteiger partial charge on any atom is 0.144 e. The summed E-state index contributed by atoms with van der Waals surface area (Å²) in [6.45, 7) is 8.54. The van der Waals surface area contributed by atoms with E-state index in [-0.39, 0.29) is 0 Å². The summed E-state index contributed by atoms with van der Waals surface area (Å²) in [6, 6.07) is 21.3. The van der Waals surface area contributed by atoms with Crippen LogP contribution in [0.2, 0.25) is 0 Å². The van der Waals surface area contributed by atoms with Gasteiger partial charge in [0, 0.05) is 33.9 Å². The lowest BCUT2D eigenvalue weighted by molar-refractivity contribution is 0.647. The lowest BCUT2D eigenvalue weighted by Gasteiger charge is -2.07. The van der Waals surface area contributed by atoms with E-state index in [1.807, 2.05) is 20.0 Å². The lowest BCUT2D eigenvalue weighted by atomic mass is 10.00. The highest BCUT2D eigenvalue weighted by Crippen LogP contribution is 2.37.